The molecule has 0 aliphatic rings. The first-order chi connectivity index (χ1) is 9.20. The van der Waals surface area contributed by atoms with Gasteiger partial charge in [0, 0.05) is 18.8 Å². The zero-order valence-electron chi connectivity index (χ0n) is 11.8. The van der Waals surface area contributed by atoms with Crippen LogP contribution in [0.5, 0.6) is 0 Å². The summed E-state index contributed by atoms with van der Waals surface area (Å²) in [4.78, 5) is 0. The van der Waals surface area contributed by atoms with E-state index in [0.29, 0.717) is 0 Å². The van der Waals surface area contributed by atoms with Crippen molar-refractivity contribution in [3.05, 3.63) is 53.3 Å². The van der Waals surface area contributed by atoms with Gasteiger partial charge in [0.15, 0.2) is 0 Å². The van der Waals surface area contributed by atoms with Crippen molar-refractivity contribution >= 4 is 0 Å². The van der Waals surface area contributed by atoms with Gasteiger partial charge >= 0.3 is 0 Å². The van der Waals surface area contributed by atoms with Crippen molar-refractivity contribution in [2.24, 2.45) is 12.8 Å². The molecule has 1 unspecified atom stereocenters. The van der Waals surface area contributed by atoms with Gasteiger partial charge in [0.05, 0.1) is 5.69 Å². The first-order valence-electron chi connectivity index (χ1n) is 7.03. The van der Waals surface area contributed by atoms with Crippen LogP contribution in [0.3, 0.4) is 0 Å². The SMILES string of the molecule is CCc1cc(CCCC(N)c2ccccc2)n(C)n1. The second kappa shape index (κ2) is 6.53. The summed E-state index contributed by atoms with van der Waals surface area (Å²) < 4.78 is 1.99. The highest BCUT2D eigenvalue weighted by Crippen LogP contribution is 2.17. The fraction of sp³-hybridized carbons (Fsp3) is 0.438. The Hall–Kier alpha value is -1.61. The van der Waals surface area contributed by atoms with Crippen molar-refractivity contribution in [1.82, 2.24) is 9.78 Å². The van der Waals surface area contributed by atoms with Crippen LogP contribution in [0.2, 0.25) is 0 Å². The largest absolute Gasteiger partial charge is 0.324 e. The Labute approximate surface area is 115 Å². The Balaban J connectivity index is 1.84. The number of aryl methyl sites for hydroxylation is 3. The van der Waals surface area contributed by atoms with E-state index in [4.69, 9.17) is 5.73 Å². The zero-order chi connectivity index (χ0) is 13.7. The minimum absolute atomic E-state index is 0.139. The minimum atomic E-state index is 0.139. The molecule has 0 saturated heterocycles. The average Bonchev–Trinajstić information content (AvgIpc) is 2.80. The van der Waals surface area contributed by atoms with E-state index >= 15 is 0 Å². The third-order valence-corrected chi connectivity index (χ3v) is 3.57. The lowest BCUT2D eigenvalue weighted by Gasteiger charge is -2.11. The maximum absolute atomic E-state index is 6.21. The predicted molar refractivity (Wildman–Crippen MR) is 78.9 cm³/mol. The van der Waals surface area contributed by atoms with Crippen LogP contribution in [0.1, 0.15) is 42.8 Å². The molecule has 3 heteroatoms. The van der Waals surface area contributed by atoms with Crippen molar-refractivity contribution in [2.45, 2.75) is 38.6 Å². The van der Waals surface area contributed by atoms with Crippen LogP contribution in [0.15, 0.2) is 36.4 Å². The normalized spacial score (nSPS) is 12.6. The number of rotatable bonds is 6. The van der Waals surface area contributed by atoms with Crippen LogP contribution in [-0.2, 0) is 19.9 Å². The van der Waals surface area contributed by atoms with Crippen LogP contribution in [0.4, 0.5) is 0 Å². The van der Waals surface area contributed by atoms with Gasteiger partial charge in [0.1, 0.15) is 0 Å². The molecule has 2 rings (SSSR count). The lowest BCUT2D eigenvalue weighted by atomic mass is 10.0. The van der Waals surface area contributed by atoms with Gasteiger partial charge in [0.25, 0.3) is 0 Å². The Bertz CT molecular complexity index is 502. The molecular weight excluding hydrogens is 234 g/mol. The molecule has 19 heavy (non-hydrogen) atoms. The van der Waals surface area contributed by atoms with E-state index in [2.05, 4.69) is 30.2 Å². The van der Waals surface area contributed by atoms with Crippen molar-refractivity contribution < 1.29 is 0 Å². The summed E-state index contributed by atoms with van der Waals surface area (Å²) >= 11 is 0. The first-order valence-corrected chi connectivity index (χ1v) is 7.03. The molecule has 0 spiro atoms. The highest BCUT2D eigenvalue weighted by Gasteiger charge is 2.07. The average molecular weight is 257 g/mol. The standard InChI is InChI=1S/C16H23N3/c1-3-14-12-15(19(2)18-14)10-7-11-16(17)13-8-5-4-6-9-13/h4-6,8-9,12,16H,3,7,10-11,17H2,1-2H3. The quantitative estimate of drug-likeness (QED) is 0.864. The van der Waals surface area contributed by atoms with Crippen LogP contribution in [0.25, 0.3) is 0 Å². The van der Waals surface area contributed by atoms with Gasteiger partial charge in [-0.1, -0.05) is 37.3 Å². The lowest BCUT2D eigenvalue weighted by molar-refractivity contribution is 0.590. The van der Waals surface area contributed by atoms with Gasteiger partial charge < -0.3 is 5.73 Å². The third kappa shape index (κ3) is 3.67. The van der Waals surface area contributed by atoms with Crippen molar-refractivity contribution in [3.8, 4) is 0 Å². The van der Waals surface area contributed by atoms with E-state index in [1.54, 1.807) is 0 Å². The van der Waals surface area contributed by atoms with Gasteiger partial charge in [-0.05, 0) is 37.3 Å². The van der Waals surface area contributed by atoms with E-state index < -0.39 is 0 Å². The van der Waals surface area contributed by atoms with E-state index in [1.165, 1.54) is 17.0 Å². The Kier molecular flexibility index (Phi) is 4.74. The molecule has 0 bridgehead atoms. The summed E-state index contributed by atoms with van der Waals surface area (Å²) in [5.41, 5.74) is 9.90. The molecule has 2 N–H and O–H groups in total. The van der Waals surface area contributed by atoms with Gasteiger partial charge in [-0.25, -0.2) is 0 Å². The number of hydrogen-bond donors (Lipinski definition) is 1. The minimum Gasteiger partial charge on any atom is -0.324 e. The molecule has 1 atom stereocenters. The second-order valence-electron chi connectivity index (χ2n) is 5.01. The van der Waals surface area contributed by atoms with Crippen LogP contribution in [0, 0.1) is 0 Å². The molecule has 0 saturated carbocycles. The van der Waals surface area contributed by atoms with Crippen molar-refractivity contribution in [1.29, 1.82) is 0 Å². The number of benzene rings is 1. The van der Waals surface area contributed by atoms with Gasteiger partial charge in [0.2, 0.25) is 0 Å². The Morgan fingerprint density at radius 2 is 2.00 bits per heavy atom. The topological polar surface area (TPSA) is 43.8 Å². The summed E-state index contributed by atoms with van der Waals surface area (Å²) in [6, 6.07) is 12.7. The number of hydrogen-bond acceptors (Lipinski definition) is 2. The molecule has 0 amide bonds. The van der Waals surface area contributed by atoms with Crippen LogP contribution < -0.4 is 5.73 Å². The molecule has 3 nitrogen and oxygen atoms in total. The zero-order valence-corrected chi connectivity index (χ0v) is 11.8. The maximum atomic E-state index is 6.21. The van der Waals surface area contributed by atoms with Crippen molar-refractivity contribution in [3.63, 3.8) is 0 Å². The fourth-order valence-electron chi connectivity index (χ4n) is 2.35. The number of nitrogens with zero attached hydrogens (tertiary/aromatic N) is 2. The monoisotopic (exact) mass is 257 g/mol. The summed E-state index contributed by atoms with van der Waals surface area (Å²) in [5.74, 6) is 0. The lowest BCUT2D eigenvalue weighted by Crippen LogP contribution is -2.10. The predicted octanol–water partition coefficient (Wildman–Crippen LogP) is 3.01. The van der Waals surface area contributed by atoms with Gasteiger partial charge in [-0.2, -0.15) is 5.10 Å². The first kappa shape index (κ1) is 13.8. The molecule has 0 fully saturated rings. The maximum Gasteiger partial charge on any atom is 0.0624 e. The van der Waals surface area contributed by atoms with Crippen LogP contribution >= 0.6 is 0 Å². The summed E-state index contributed by atoms with van der Waals surface area (Å²) in [6.07, 6.45) is 4.15. The summed E-state index contributed by atoms with van der Waals surface area (Å²) in [5, 5.41) is 4.47. The van der Waals surface area contributed by atoms with E-state index in [9.17, 15) is 0 Å². The highest BCUT2D eigenvalue weighted by molar-refractivity contribution is 5.18. The second-order valence-corrected chi connectivity index (χ2v) is 5.01. The molecule has 1 heterocycles. The van der Waals surface area contributed by atoms with Gasteiger partial charge in [-0.3, -0.25) is 4.68 Å². The molecular formula is C16H23N3. The molecule has 1 aromatic carbocycles. The highest BCUT2D eigenvalue weighted by atomic mass is 15.3. The third-order valence-electron chi connectivity index (χ3n) is 3.57. The van der Waals surface area contributed by atoms with E-state index in [-0.39, 0.29) is 6.04 Å². The molecule has 102 valence electrons. The molecule has 0 radical (unpaired) electrons. The number of aromatic nitrogens is 2. The van der Waals surface area contributed by atoms with Gasteiger partial charge in [-0.15, -0.1) is 0 Å². The van der Waals surface area contributed by atoms with E-state index in [1.807, 2.05) is 29.9 Å². The summed E-state index contributed by atoms with van der Waals surface area (Å²) in [7, 11) is 2.02. The smallest absolute Gasteiger partial charge is 0.0624 e. The molecule has 0 aliphatic heterocycles. The van der Waals surface area contributed by atoms with E-state index in [0.717, 1.165) is 25.7 Å². The Morgan fingerprint density at radius 3 is 2.63 bits per heavy atom. The number of nitrogens with two attached hydrogens (primary N) is 1. The summed E-state index contributed by atoms with van der Waals surface area (Å²) in [6.45, 7) is 2.14. The molecule has 2 aromatic rings. The molecule has 1 aromatic heterocycles. The Morgan fingerprint density at radius 1 is 1.26 bits per heavy atom. The fourth-order valence-corrected chi connectivity index (χ4v) is 2.35. The van der Waals surface area contributed by atoms with Crippen LogP contribution in [-0.4, -0.2) is 9.78 Å². The molecule has 0 aliphatic carbocycles. The van der Waals surface area contributed by atoms with Crippen molar-refractivity contribution in [2.75, 3.05) is 0 Å².